The summed E-state index contributed by atoms with van der Waals surface area (Å²) in [5, 5.41) is 11.0. The summed E-state index contributed by atoms with van der Waals surface area (Å²) in [7, 11) is 0. The number of amides is 1. The van der Waals surface area contributed by atoms with Crippen molar-refractivity contribution in [3.05, 3.63) is 29.3 Å². The summed E-state index contributed by atoms with van der Waals surface area (Å²) in [4.78, 5) is 21.8. The Bertz CT molecular complexity index is 446. The number of nitrogens with two attached hydrogens (primary N) is 1. The number of aliphatic carboxylic acids is 1. The van der Waals surface area contributed by atoms with E-state index in [9.17, 15) is 9.59 Å². The molecule has 0 bridgehead atoms. The molecule has 0 aliphatic heterocycles. The zero-order valence-corrected chi connectivity index (χ0v) is 10.1. The topological polar surface area (TPSA) is 102 Å². The number of aryl methyl sites for hydroxylation is 1. The number of carbonyl (C=O) groups is 2. The number of hydrogen-bond donors (Lipinski definition) is 3. The molecule has 1 rings (SSSR count). The minimum atomic E-state index is -1.03. The lowest BCUT2D eigenvalue weighted by molar-refractivity contribution is -0.142. The van der Waals surface area contributed by atoms with Crippen LogP contribution in [0.5, 0.6) is 0 Å². The number of rotatable bonds is 6. The van der Waals surface area contributed by atoms with Crippen LogP contribution < -0.4 is 11.1 Å². The zero-order chi connectivity index (χ0) is 13.5. The van der Waals surface area contributed by atoms with Crippen molar-refractivity contribution >= 4 is 17.6 Å². The SMILES string of the molecule is Cc1cc(C(=O)NCCOCC(=O)O)ccc1N. The molecule has 0 heterocycles. The normalized spacial score (nSPS) is 10.1. The third-order valence-electron chi connectivity index (χ3n) is 2.29. The Labute approximate surface area is 105 Å². The number of carboxylic acids is 1. The van der Waals surface area contributed by atoms with Gasteiger partial charge in [-0.2, -0.15) is 0 Å². The van der Waals surface area contributed by atoms with Crippen LogP contribution >= 0.6 is 0 Å². The molecule has 6 nitrogen and oxygen atoms in total. The van der Waals surface area contributed by atoms with Crippen molar-refractivity contribution in [2.45, 2.75) is 6.92 Å². The van der Waals surface area contributed by atoms with Gasteiger partial charge in [0.2, 0.25) is 0 Å². The third kappa shape index (κ3) is 4.42. The fourth-order valence-electron chi connectivity index (χ4n) is 1.32. The number of nitrogens with one attached hydrogen (secondary N) is 1. The number of nitrogen functional groups attached to an aromatic ring is 1. The highest BCUT2D eigenvalue weighted by Gasteiger charge is 2.06. The van der Waals surface area contributed by atoms with E-state index in [0.29, 0.717) is 11.3 Å². The van der Waals surface area contributed by atoms with Crippen LogP contribution in [-0.4, -0.2) is 36.7 Å². The van der Waals surface area contributed by atoms with E-state index >= 15 is 0 Å². The second-order valence-corrected chi connectivity index (χ2v) is 3.77. The van der Waals surface area contributed by atoms with Crippen LogP contribution in [0.4, 0.5) is 5.69 Å². The van der Waals surface area contributed by atoms with Crippen molar-refractivity contribution in [1.29, 1.82) is 0 Å². The second kappa shape index (κ2) is 6.61. The first-order chi connectivity index (χ1) is 8.50. The largest absolute Gasteiger partial charge is 0.480 e. The Morgan fingerprint density at radius 3 is 2.78 bits per heavy atom. The van der Waals surface area contributed by atoms with Crippen LogP contribution in [0, 0.1) is 6.92 Å². The number of carbonyl (C=O) groups excluding carboxylic acids is 1. The molecule has 1 aromatic carbocycles. The molecule has 0 saturated carbocycles. The van der Waals surface area contributed by atoms with Crippen molar-refractivity contribution in [3.63, 3.8) is 0 Å². The van der Waals surface area contributed by atoms with Crippen LogP contribution in [0.15, 0.2) is 18.2 Å². The summed E-state index contributed by atoms with van der Waals surface area (Å²) >= 11 is 0. The summed E-state index contributed by atoms with van der Waals surface area (Å²) in [6, 6.07) is 5.00. The predicted octanol–water partition coefficient (Wildman–Crippen LogP) is 0.408. The van der Waals surface area contributed by atoms with Gasteiger partial charge in [-0.25, -0.2) is 4.79 Å². The van der Waals surface area contributed by atoms with E-state index in [1.54, 1.807) is 18.2 Å². The van der Waals surface area contributed by atoms with Gasteiger partial charge < -0.3 is 20.9 Å². The first-order valence-electron chi connectivity index (χ1n) is 5.44. The molecule has 0 aromatic heterocycles. The van der Waals surface area contributed by atoms with Crippen LogP contribution in [-0.2, 0) is 9.53 Å². The average molecular weight is 252 g/mol. The molecule has 0 aliphatic rings. The zero-order valence-electron chi connectivity index (χ0n) is 10.1. The van der Waals surface area contributed by atoms with Gasteiger partial charge in [0.15, 0.2) is 0 Å². The number of carboxylic acid groups (broad SMARTS) is 1. The standard InChI is InChI=1S/C12H16N2O4/c1-8-6-9(2-3-10(8)13)12(17)14-4-5-18-7-11(15)16/h2-3,6H,4-5,7,13H2,1H3,(H,14,17)(H,15,16). The van der Waals surface area contributed by atoms with E-state index in [1.807, 2.05) is 6.92 Å². The quantitative estimate of drug-likeness (QED) is 0.502. The van der Waals surface area contributed by atoms with E-state index in [2.05, 4.69) is 5.32 Å². The minimum Gasteiger partial charge on any atom is -0.480 e. The first kappa shape index (κ1) is 14.0. The molecule has 0 spiro atoms. The molecule has 1 aromatic rings. The van der Waals surface area contributed by atoms with Crippen molar-refractivity contribution in [1.82, 2.24) is 5.32 Å². The molecule has 0 atom stereocenters. The van der Waals surface area contributed by atoms with Gasteiger partial charge in [-0.15, -0.1) is 0 Å². The Morgan fingerprint density at radius 1 is 1.44 bits per heavy atom. The predicted molar refractivity (Wildman–Crippen MR) is 66.4 cm³/mol. The molecular formula is C12H16N2O4. The van der Waals surface area contributed by atoms with E-state index in [0.717, 1.165) is 5.56 Å². The molecule has 0 aliphatic carbocycles. The molecule has 4 N–H and O–H groups in total. The van der Waals surface area contributed by atoms with Crippen LogP contribution in [0.3, 0.4) is 0 Å². The van der Waals surface area contributed by atoms with Crippen molar-refractivity contribution in [3.8, 4) is 0 Å². The number of ether oxygens (including phenoxy) is 1. The average Bonchev–Trinajstić information content (AvgIpc) is 2.31. The van der Waals surface area contributed by atoms with Gasteiger partial charge in [0.25, 0.3) is 5.91 Å². The molecule has 0 radical (unpaired) electrons. The maximum atomic E-state index is 11.7. The van der Waals surface area contributed by atoms with Crippen LogP contribution in [0.2, 0.25) is 0 Å². The molecule has 0 saturated heterocycles. The maximum Gasteiger partial charge on any atom is 0.329 e. The molecule has 1 amide bonds. The van der Waals surface area contributed by atoms with E-state index in [-0.39, 0.29) is 25.7 Å². The van der Waals surface area contributed by atoms with Gasteiger partial charge >= 0.3 is 5.97 Å². The maximum absolute atomic E-state index is 11.7. The van der Waals surface area contributed by atoms with Gasteiger partial charge in [0.1, 0.15) is 6.61 Å². The lowest BCUT2D eigenvalue weighted by atomic mass is 10.1. The summed E-state index contributed by atoms with van der Waals surface area (Å²) in [5.41, 5.74) is 7.64. The van der Waals surface area contributed by atoms with Crippen LogP contribution in [0.1, 0.15) is 15.9 Å². The van der Waals surface area contributed by atoms with Gasteiger partial charge in [0, 0.05) is 17.8 Å². The molecule has 98 valence electrons. The van der Waals surface area contributed by atoms with E-state index in [4.69, 9.17) is 15.6 Å². The third-order valence-corrected chi connectivity index (χ3v) is 2.29. The fourth-order valence-corrected chi connectivity index (χ4v) is 1.32. The number of hydrogen-bond acceptors (Lipinski definition) is 4. The Balaban J connectivity index is 2.36. The van der Waals surface area contributed by atoms with E-state index in [1.165, 1.54) is 0 Å². The fraction of sp³-hybridized carbons (Fsp3) is 0.333. The summed E-state index contributed by atoms with van der Waals surface area (Å²) in [6.07, 6.45) is 0. The smallest absolute Gasteiger partial charge is 0.329 e. The summed E-state index contributed by atoms with van der Waals surface area (Å²) < 4.78 is 4.79. The lowest BCUT2D eigenvalue weighted by Crippen LogP contribution is -2.28. The highest BCUT2D eigenvalue weighted by Crippen LogP contribution is 2.12. The molecule has 0 unspecified atom stereocenters. The number of benzene rings is 1. The minimum absolute atomic E-state index is 0.159. The van der Waals surface area contributed by atoms with E-state index < -0.39 is 5.97 Å². The van der Waals surface area contributed by atoms with Crippen molar-refractivity contribution in [2.24, 2.45) is 0 Å². The van der Waals surface area contributed by atoms with Gasteiger partial charge in [0.05, 0.1) is 6.61 Å². The molecule has 6 heteroatoms. The molecule has 18 heavy (non-hydrogen) atoms. The molecular weight excluding hydrogens is 236 g/mol. The van der Waals surface area contributed by atoms with Crippen molar-refractivity contribution in [2.75, 3.05) is 25.5 Å². The number of anilines is 1. The van der Waals surface area contributed by atoms with Crippen LogP contribution in [0.25, 0.3) is 0 Å². The summed E-state index contributed by atoms with van der Waals surface area (Å²) in [6.45, 7) is 1.88. The summed E-state index contributed by atoms with van der Waals surface area (Å²) in [5.74, 6) is -1.27. The highest BCUT2D eigenvalue weighted by molar-refractivity contribution is 5.94. The molecule has 0 fully saturated rings. The monoisotopic (exact) mass is 252 g/mol. The Morgan fingerprint density at radius 2 is 2.17 bits per heavy atom. The second-order valence-electron chi connectivity index (χ2n) is 3.77. The Hall–Kier alpha value is -2.08. The van der Waals surface area contributed by atoms with Gasteiger partial charge in [-0.05, 0) is 30.7 Å². The first-order valence-corrected chi connectivity index (χ1v) is 5.44. The van der Waals surface area contributed by atoms with Crippen molar-refractivity contribution < 1.29 is 19.4 Å². The lowest BCUT2D eigenvalue weighted by Gasteiger charge is -2.07. The highest BCUT2D eigenvalue weighted by atomic mass is 16.5. The Kier molecular flexibility index (Phi) is 5.13. The van der Waals surface area contributed by atoms with Gasteiger partial charge in [-0.1, -0.05) is 0 Å². The van der Waals surface area contributed by atoms with Gasteiger partial charge in [-0.3, -0.25) is 4.79 Å².